The lowest BCUT2D eigenvalue weighted by Gasteiger charge is -2.24. The van der Waals surface area contributed by atoms with Gasteiger partial charge in [0.15, 0.2) is 0 Å². The second kappa shape index (κ2) is 10.4. The van der Waals surface area contributed by atoms with Gasteiger partial charge in [-0.25, -0.2) is 4.98 Å². The topological polar surface area (TPSA) is 100 Å². The van der Waals surface area contributed by atoms with Gasteiger partial charge in [-0.1, -0.05) is 18.2 Å². The number of hydrogen-bond acceptors (Lipinski definition) is 7. The van der Waals surface area contributed by atoms with E-state index in [1.165, 1.54) is 0 Å². The molecule has 2 aliphatic heterocycles. The number of anilines is 4. The Hall–Kier alpha value is -3.86. The molecule has 1 aromatic heterocycles. The molecule has 1 amide bonds. The van der Waals surface area contributed by atoms with Crippen LogP contribution in [-0.2, 0) is 22.9 Å². The molecule has 39 heavy (non-hydrogen) atoms. The Morgan fingerprint density at radius 3 is 2.64 bits per heavy atom. The average Bonchev–Trinajstić information content (AvgIpc) is 3.15. The van der Waals surface area contributed by atoms with Crippen molar-refractivity contribution in [2.45, 2.75) is 50.7 Å². The Kier molecular flexibility index (Phi) is 7.11. The van der Waals surface area contributed by atoms with Crippen LogP contribution < -0.4 is 26.0 Å². The number of carbonyl (C=O) groups excluding carboxylic acids is 1. The van der Waals surface area contributed by atoms with E-state index in [2.05, 4.69) is 31.2 Å². The smallest absolute Gasteiger partial charge is 0.421 e. The van der Waals surface area contributed by atoms with E-state index in [9.17, 15) is 18.0 Å². The monoisotopic (exact) mass is 540 g/mol. The number of carbonyl (C=O) groups is 1. The number of halogens is 3. The number of alkyl halides is 3. The van der Waals surface area contributed by atoms with Gasteiger partial charge in [-0.3, -0.25) is 4.79 Å². The van der Waals surface area contributed by atoms with E-state index in [4.69, 9.17) is 4.74 Å². The predicted molar refractivity (Wildman–Crippen MR) is 144 cm³/mol. The van der Waals surface area contributed by atoms with Crippen molar-refractivity contribution in [2.24, 2.45) is 0 Å². The zero-order chi connectivity index (χ0) is 27.8. The molecule has 0 aliphatic carbocycles. The fourth-order valence-corrected chi connectivity index (χ4v) is 5.29. The van der Waals surface area contributed by atoms with Crippen molar-refractivity contribution in [3.63, 3.8) is 0 Å². The van der Waals surface area contributed by atoms with Crippen LogP contribution in [-0.4, -0.2) is 36.1 Å². The molecule has 0 saturated carbocycles. The Balaban J connectivity index is 1.41. The number of amides is 1. The van der Waals surface area contributed by atoms with Crippen molar-refractivity contribution in [2.75, 3.05) is 36.1 Å². The predicted octanol–water partition coefficient (Wildman–Crippen LogP) is 5.56. The van der Waals surface area contributed by atoms with Gasteiger partial charge in [-0.05, 0) is 80.6 Å². The average molecular weight is 541 g/mol. The highest BCUT2D eigenvalue weighted by molar-refractivity contribution is 6.06. The quantitative estimate of drug-likeness (QED) is 0.312. The molecule has 1 fully saturated rings. The molecule has 3 heterocycles. The molecule has 8 nitrogen and oxygen atoms in total. The van der Waals surface area contributed by atoms with E-state index in [0.29, 0.717) is 28.6 Å². The molecule has 4 N–H and O–H groups in total. The maximum absolute atomic E-state index is 13.8. The van der Waals surface area contributed by atoms with Gasteiger partial charge in [0, 0.05) is 18.4 Å². The highest BCUT2D eigenvalue weighted by Crippen LogP contribution is 2.41. The summed E-state index contributed by atoms with van der Waals surface area (Å²) in [4.78, 5) is 20.5. The van der Waals surface area contributed by atoms with E-state index in [-0.39, 0.29) is 24.2 Å². The summed E-state index contributed by atoms with van der Waals surface area (Å²) in [6.07, 6.45) is -1.85. The van der Waals surface area contributed by atoms with Crippen LogP contribution in [0.15, 0.2) is 42.6 Å². The first-order valence-electron chi connectivity index (χ1n) is 12.9. The Labute approximate surface area is 224 Å². The van der Waals surface area contributed by atoms with Gasteiger partial charge < -0.3 is 26.0 Å². The van der Waals surface area contributed by atoms with Crippen molar-refractivity contribution >= 4 is 29.0 Å². The molecular formula is C28H31F3N6O2. The molecule has 0 atom stereocenters. The first-order chi connectivity index (χ1) is 18.6. The lowest BCUT2D eigenvalue weighted by molar-refractivity contribution is -0.137. The van der Waals surface area contributed by atoms with Crippen molar-refractivity contribution < 1.29 is 22.7 Å². The van der Waals surface area contributed by atoms with Gasteiger partial charge in [-0.15, -0.1) is 0 Å². The first-order valence-corrected chi connectivity index (χ1v) is 12.9. The third-order valence-electron chi connectivity index (χ3n) is 7.41. The minimum Gasteiger partial charge on any atom is -0.495 e. The van der Waals surface area contributed by atoms with Gasteiger partial charge in [0.2, 0.25) is 11.9 Å². The van der Waals surface area contributed by atoms with Crippen LogP contribution in [0.1, 0.15) is 54.9 Å². The summed E-state index contributed by atoms with van der Waals surface area (Å²) in [7, 11) is 1.55. The molecule has 0 unspecified atom stereocenters. The Morgan fingerprint density at radius 1 is 1.15 bits per heavy atom. The second-order valence-corrected chi connectivity index (χ2v) is 10.3. The summed E-state index contributed by atoms with van der Waals surface area (Å²) >= 11 is 0. The number of methoxy groups -OCH3 is 1. The fraction of sp³-hybridized carbons (Fsp3) is 0.393. The lowest BCUT2D eigenvalue weighted by atomic mass is 9.83. The summed E-state index contributed by atoms with van der Waals surface area (Å²) in [5.41, 5.74) is 2.02. The van der Waals surface area contributed by atoms with E-state index >= 15 is 0 Å². The summed E-state index contributed by atoms with van der Waals surface area (Å²) < 4.78 is 47.1. The number of ether oxygens (including phenoxy) is 1. The van der Waals surface area contributed by atoms with Crippen molar-refractivity contribution in [1.82, 2.24) is 15.3 Å². The second-order valence-electron chi connectivity index (χ2n) is 10.3. The molecular weight excluding hydrogens is 509 g/mol. The molecule has 0 radical (unpaired) electrons. The van der Waals surface area contributed by atoms with Crippen LogP contribution in [0, 0.1) is 0 Å². The van der Waals surface area contributed by atoms with Crippen molar-refractivity contribution in [1.29, 1.82) is 0 Å². The summed E-state index contributed by atoms with van der Waals surface area (Å²) in [6, 6.07) is 11.1. The van der Waals surface area contributed by atoms with E-state index in [1.807, 2.05) is 18.2 Å². The molecule has 206 valence electrons. The number of aromatic nitrogens is 2. The van der Waals surface area contributed by atoms with Gasteiger partial charge in [-0.2, -0.15) is 18.2 Å². The van der Waals surface area contributed by atoms with Gasteiger partial charge in [0.25, 0.3) is 0 Å². The zero-order valence-electron chi connectivity index (χ0n) is 22.0. The van der Waals surface area contributed by atoms with Gasteiger partial charge in [0.1, 0.15) is 17.1 Å². The van der Waals surface area contributed by atoms with Crippen LogP contribution in [0.3, 0.4) is 0 Å². The lowest BCUT2D eigenvalue weighted by Crippen LogP contribution is -2.28. The standard InChI is InChI=1S/C28H31F3N6O2/c1-27(2)23-18(5-4-6-21(23)35-25(27)38)14-33-24-19(28(29,30)31)15-34-26(37-24)36-20-8-7-17(13-22(20)39-3)16-9-11-32-12-10-16/h4-8,13,15-16,32H,9-12,14H2,1-3H3,(H,35,38)(H2,33,34,36,37). The highest BCUT2D eigenvalue weighted by atomic mass is 19.4. The summed E-state index contributed by atoms with van der Waals surface area (Å²) in [6.45, 7) is 5.52. The van der Waals surface area contributed by atoms with Crippen molar-refractivity contribution in [3.8, 4) is 5.75 Å². The summed E-state index contributed by atoms with van der Waals surface area (Å²) in [5, 5.41) is 12.0. The summed E-state index contributed by atoms with van der Waals surface area (Å²) in [5.74, 6) is 0.451. The van der Waals surface area contributed by atoms with E-state index < -0.39 is 17.2 Å². The van der Waals surface area contributed by atoms with Crippen LogP contribution in [0.25, 0.3) is 0 Å². The van der Waals surface area contributed by atoms with E-state index in [1.54, 1.807) is 39.2 Å². The number of nitrogens with one attached hydrogen (secondary N) is 4. The van der Waals surface area contributed by atoms with Crippen LogP contribution in [0.4, 0.5) is 36.3 Å². The largest absolute Gasteiger partial charge is 0.495 e. The minimum absolute atomic E-state index is 0.00567. The maximum atomic E-state index is 13.8. The molecule has 2 aromatic carbocycles. The molecule has 1 saturated heterocycles. The highest BCUT2D eigenvalue weighted by Gasteiger charge is 2.40. The molecule has 3 aromatic rings. The fourth-order valence-electron chi connectivity index (χ4n) is 5.29. The first kappa shape index (κ1) is 26.7. The SMILES string of the molecule is COc1cc(C2CCNCC2)ccc1Nc1ncc(C(F)(F)F)c(NCc2cccc3c2C(C)(C)C(=O)N3)n1. The molecule has 2 aliphatic rings. The molecule has 0 spiro atoms. The Morgan fingerprint density at radius 2 is 1.92 bits per heavy atom. The normalized spacial score (nSPS) is 16.9. The minimum atomic E-state index is -4.66. The van der Waals surface area contributed by atoms with Gasteiger partial charge >= 0.3 is 6.18 Å². The maximum Gasteiger partial charge on any atom is 0.421 e. The number of piperidine rings is 1. The molecule has 0 bridgehead atoms. The molecule has 11 heteroatoms. The third-order valence-corrected chi connectivity index (χ3v) is 7.41. The number of nitrogens with zero attached hydrogens (tertiary/aromatic N) is 2. The number of fused-ring (bicyclic) bond motifs is 1. The number of rotatable bonds is 7. The molecule has 5 rings (SSSR count). The van der Waals surface area contributed by atoms with Gasteiger partial charge in [0.05, 0.1) is 18.2 Å². The third kappa shape index (κ3) is 5.36. The van der Waals surface area contributed by atoms with Crippen molar-refractivity contribution in [3.05, 3.63) is 64.8 Å². The zero-order valence-corrected chi connectivity index (χ0v) is 22.0. The van der Waals surface area contributed by atoms with Crippen LogP contribution in [0.2, 0.25) is 0 Å². The Bertz CT molecular complexity index is 1390. The number of benzene rings is 2. The van der Waals surface area contributed by atoms with Crippen LogP contribution in [0.5, 0.6) is 5.75 Å². The van der Waals surface area contributed by atoms with E-state index in [0.717, 1.165) is 43.3 Å². The van der Waals surface area contributed by atoms with Crippen LogP contribution >= 0.6 is 0 Å². The number of hydrogen-bond donors (Lipinski definition) is 4.